The summed E-state index contributed by atoms with van der Waals surface area (Å²) in [4.78, 5) is 16.4. The number of carbonyl (C=O) groups excluding carboxylic acids is 1. The van der Waals surface area contributed by atoms with E-state index in [0.717, 1.165) is 17.9 Å². The van der Waals surface area contributed by atoms with Gasteiger partial charge in [-0.25, -0.2) is 4.99 Å². The zero-order chi connectivity index (χ0) is 20.3. The molecule has 0 bridgehead atoms. The number of halogens is 1. The number of amides is 1. The van der Waals surface area contributed by atoms with Gasteiger partial charge in [-0.1, -0.05) is 0 Å². The van der Waals surface area contributed by atoms with E-state index in [1.807, 2.05) is 58.9 Å². The van der Waals surface area contributed by atoms with Gasteiger partial charge in [0.2, 0.25) is 5.91 Å². The number of hydrogen-bond acceptors (Lipinski definition) is 4. The minimum atomic E-state index is -0.279. The van der Waals surface area contributed by atoms with Crippen LogP contribution in [0.5, 0.6) is 5.75 Å². The summed E-state index contributed by atoms with van der Waals surface area (Å²) in [6, 6.07) is 7.63. The van der Waals surface area contributed by atoms with E-state index in [1.54, 1.807) is 7.11 Å². The average Bonchev–Trinajstić information content (AvgIpc) is 2.56. The molecule has 0 atom stereocenters. The van der Waals surface area contributed by atoms with E-state index in [4.69, 9.17) is 9.47 Å². The van der Waals surface area contributed by atoms with Crippen molar-refractivity contribution < 1.29 is 14.3 Å². The minimum absolute atomic E-state index is 0. The van der Waals surface area contributed by atoms with Crippen molar-refractivity contribution >= 4 is 41.5 Å². The molecule has 0 unspecified atom stereocenters. The second-order valence-electron chi connectivity index (χ2n) is 7.55. The Kier molecular flexibility index (Phi) is 12.8. The molecule has 1 aromatic rings. The summed E-state index contributed by atoms with van der Waals surface area (Å²) in [7, 11) is 1.67. The Balaban J connectivity index is 0.00000729. The fourth-order valence-electron chi connectivity index (χ4n) is 2.20. The molecule has 0 aliphatic heterocycles. The highest BCUT2D eigenvalue weighted by Gasteiger charge is 2.13. The van der Waals surface area contributed by atoms with Gasteiger partial charge in [-0.15, -0.1) is 24.0 Å². The van der Waals surface area contributed by atoms with Gasteiger partial charge in [-0.2, -0.15) is 0 Å². The maximum atomic E-state index is 12.0. The number of rotatable bonds is 9. The summed E-state index contributed by atoms with van der Waals surface area (Å²) in [5.74, 6) is 1.24. The molecule has 1 amide bonds. The average molecular weight is 506 g/mol. The van der Waals surface area contributed by atoms with Gasteiger partial charge < -0.3 is 25.4 Å². The van der Waals surface area contributed by atoms with Crippen molar-refractivity contribution in [2.75, 3.05) is 32.1 Å². The highest BCUT2D eigenvalue weighted by atomic mass is 127. The van der Waals surface area contributed by atoms with Crippen LogP contribution < -0.4 is 20.7 Å². The molecular formula is C20H35IN4O3. The predicted molar refractivity (Wildman–Crippen MR) is 126 cm³/mol. The summed E-state index contributed by atoms with van der Waals surface area (Å²) >= 11 is 0. The van der Waals surface area contributed by atoms with Crippen LogP contribution in [0.2, 0.25) is 0 Å². The maximum absolute atomic E-state index is 12.0. The predicted octanol–water partition coefficient (Wildman–Crippen LogP) is 3.40. The van der Waals surface area contributed by atoms with Crippen molar-refractivity contribution in [3.05, 3.63) is 24.3 Å². The standard InChI is InChI=1S/C20H34N4O3.HI/c1-15(2)27-17-10-8-16(9-11-17)23-19(21-12-7-13-26-6)22-14-18(25)24-20(3,4)5;/h8-11,15H,7,12-14H2,1-6H3,(H,24,25)(H2,21,22,23);1H. The number of aliphatic imine (C=N–C) groups is 1. The molecule has 160 valence electrons. The van der Waals surface area contributed by atoms with Crippen molar-refractivity contribution in [2.45, 2.75) is 52.7 Å². The number of anilines is 1. The van der Waals surface area contributed by atoms with Gasteiger partial charge in [0, 0.05) is 31.5 Å². The van der Waals surface area contributed by atoms with Gasteiger partial charge in [0.25, 0.3) is 0 Å². The first-order chi connectivity index (χ1) is 12.7. The number of hydrogen-bond donors (Lipinski definition) is 3. The van der Waals surface area contributed by atoms with Crippen molar-refractivity contribution in [3.63, 3.8) is 0 Å². The molecule has 0 saturated heterocycles. The number of guanidine groups is 1. The molecule has 0 saturated carbocycles. The van der Waals surface area contributed by atoms with Crippen molar-refractivity contribution in [1.29, 1.82) is 0 Å². The summed E-state index contributed by atoms with van der Waals surface area (Å²) in [6.07, 6.45) is 0.969. The van der Waals surface area contributed by atoms with Crippen LogP contribution in [0.1, 0.15) is 41.0 Å². The number of nitrogens with zero attached hydrogens (tertiary/aromatic N) is 1. The third-order valence-electron chi connectivity index (χ3n) is 3.20. The lowest BCUT2D eigenvalue weighted by atomic mass is 10.1. The number of benzene rings is 1. The van der Waals surface area contributed by atoms with Crippen molar-refractivity contribution in [1.82, 2.24) is 10.6 Å². The Bertz CT molecular complexity index is 598. The Labute approximate surface area is 186 Å². The van der Waals surface area contributed by atoms with Gasteiger partial charge >= 0.3 is 0 Å². The molecule has 0 radical (unpaired) electrons. The van der Waals surface area contributed by atoms with E-state index < -0.39 is 0 Å². The van der Waals surface area contributed by atoms with E-state index in [2.05, 4.69) is 20.9 Å². The van der Waals surface area contributed by atoms with Crippen molar-refractivity contribution in [2.24, 2.45) is 4.99 Å². The molecule has 1 aromatic carbocycles. The van der Waals surface area contributed by atoms with E-state index in [9.17, 15) is 4.79 Å². The molecule has 3 N–H and O–H groups in total. The van der Waals surface area contributed by atoms with E-state index in [0.29, 0.717) is 19.1 Å². The lowest BCUT2D eigenvalue weighted by Crippen LogP contribution is -2.42. The van der Waals surface area contributed by atoms with Crippen LogP contribution in [0, 0.1) is 0 Å². The molecule has 28 heavy (non-hydrogen) atoms. The van der Waals surface area contributed by atoms with E-state index >= 15 is 0 Å². The van der Waals surface area contributed by atoms with Crippen molar-refractivity contribution in [3.8, 4) is 5.75 Å². The van der Waals surface area contributed by atoms with Crippen LogP contribution in [0.15, 0.2) is 29.3 Å². The zero-order valence-electron chi connectivity index (χ0n) is 17.8. The lowest BCUT2D eigenvalue weighted by molar-refractivity contribution is -0.121. The van der Waals surface area contributed by atoms with Gasteiger partial charge in [0.05, 0.1) is 6.10 Å². The van der Waals surface area contributed by atoms with Crippen LogP contribution in [0.25, 0.3) is 0 Å². The van der Waals surface area contributed by atoms with E-state index in [1.165, 1.54) is 0 Å². The monoisotopic (exact) mass is 506 g/mol. The number of ether oxygens (including phenoxy) is 2. The van der Waals surface area contributed by atoms with E-state index in [-0.39, 0.29) is 48.1 Å². The molecule has 0 fully saturated rings. The number of methoxy groups -OCH3 is 1. The first-order valence-corrected chi connectivity index (χ1v) is 9.31. The first kappa shape index (κ1) is 26.4. The number of nitrogens with one attached hydrogen (secondary N) is 3. The summed E-state index contributed by atoms with van der Waals surface area (Å²) in [5, 5.41) is 9.34. The Hall–Kier alpha value is -1.55. The first-order valence-electron chi connectivity index (χ1n) is 9.31. The number of carbonyl (C=O) groups is 1. The van der Waals surface area contributed by atoms with Crippen LogP contribution in [0.3, 0.4) is 0 Å². The molecule has 0 aliphatic carbocycles. The quantitative estimate of drug-likeness (QED) is 0.207. The fourth-order valence-corrected chi connectivity index (χ4v) is 2.20. The molecule has 1 rings (SSSR count). The molecule has 8 heteroatoms. The minimum Gasteiger partial charge on any atom is -0.491 e. The summed E-state index contributed by atoms with van der Waals surface area (Å²) in [5.41, 5.74) is 0.582. The smallest absolute Gasteiger partial charge is 0.242 e. The second-order valence-corrected chi connectivity index (χ2v) is 7.55. The summed E-state index contributed by atoms with van der Waals surface area (Å²) < 4.78 is 10.7. The van der Waals surface area contributed by atoms with Crippen LogP contribution >= 0.6 is 24.0 Å². The lowest BCUT2D eigenvalue weighted by Gasteiger charge is -2.20. The van der Waals surface area contributed by atoms with Crippen LogP contribution in [0.4, 0.5) is 5.69 Å². The molecule has 0 spiro atoms. The fraction of sp³-hybridized carbons (Fsp3) is 0.600. The molecule has 0 aromatic heterocycles. The summed E-state index contributed by atoms with van der Waals surface area (Å²) in [6.45, 7) is 11.2. The van der Waals surface area contributed by atoms with Gasteiger partial charge in [-0.3, -0.25) is 4.79 Å². The highest BCUT2D eigenvalue weighted by molar-refractivity contribution is 14.0. The Morgan fingerprint density at radius 2 is 1.82 bits per heavy atom. The second kappa shape index (κ2) is 13.6. The maximum Gasteiger partial charge on any atom is 0.242 e. The Morgan fingerprint density at radius 1 is 1.18 bits per heavy atom. The normalized spacial score (nSPS) is 11.6. The van der Waals surface area contributed by atoms with Crippen LogP contribution in [-0.4, -0.2) is 50.3 Å². The Morgan fingerprint density at radius 3 is 2.36 bits per heavy atom. The molecule has 0 aliphatic rings. The third kappa shape index (κ3) is 12.8. The molecular weight excluding hydrogens is 471 g/mol. The van der Waals surface area contributed by atoms with Gasteiger partial charge in [-0.05, 0) is 65.3 Å². The molecule has 0 heterocycles. The SMILES string of the molecule is COCCCNC(=NCC(=O)NC(C)(C)C)Nc1ccc(OC(C)C)cc1.I. The van der Waals surface area contributed by atoms with Crippen LogP contribution in [-0.2, 0) is 9.53 Å². The topological polar surface area (TPSA) is 84.0 Å². The van der Waals surface area contributed by atoms with Gasteiger partial charge in [0.15, 0.2) is 5.96 Å². The largest absolute Gasteiger partial charge is 0.491 e. The third-order valence-corrected chi connectivity index (χ3v) is 3.20. The molecule has 7 nitrogen and oxygen atoms in total. The van der Waals surface area contributed by atoms with Gasteiger partial charge in [0.1, 0.15) is 12.3 Å². The zero-order valence-corrected chi connectivity index (χ0v) is 20.1. The highest BCUT2D eigenvalue weighted by Crippen LogP contribution is 2.16.